The van der Waals surface area contributed by atoms with E-state index in [2.05, 4.69) is 105 Å². The monoisotopic (exact) mass is 742 g/mol. The van der Waals surface area contributed by atoms with Crippen LogP contribution in [0.4, 0.5) is 0 Å². The van der Waals surface area contributed by atoms with E-state index in [4.69, 9.17) is 67.2 Å². The summed E-state index contributed by atoms with van der Waals surface area (Å²) in [7, 11) is 55.3. The van der Waals surface area contributed by atoms with Gasteiger partial charge in [0.15, 0.2) is 0 Å². The fourth-order valence-corrected chi connectivity index (χ4v) is 9.94. The van der Waals surface area contributed by atoms with E-state index in [9.17, 15) is 0 Å². The molecular weight excluding hydrogens is 715 g/mol. The minimum atomic E-state index is -0.291. The Labute approximate surface area is 359 Å². The molecule has 9 aromatic carbocycles. The average molecular weight is 741 g/mol. The van der Waals surface area contributed by atoms with Crippen molar-refractivity contribution in [1.82, 2.24) is 0 Å². The van der Waals surface area contributed by atoms with Crippen molar-refractivity contribution in [3.8, 4) is 44.5 Å². The number of hydrogen-bond acceptors (Lipinski definition) is 1. The van der Waals surface area contributed by atoms with Crippen LogP contribution in [-0.2, 0) is 5.41 Å². The second kappa shape index (κ2) is 13.0. The highest BCUT2D eigenvalue weighted by molar-refractivity contribution is 6.71. The van der Waals surface area contributed by atoms with E-state index in [1.807, 2.05) is 30.3 Å². The predicted octanol–water partition coefficient (Wildman–Crippen LogP) is 4.70. The maximum absolute atomic E-state index is 7.12. The molecule has 60 heavy (non-hydrogen) atoms. The summed E-state index contributed by atoms with van der Waals surface area (Å²) >= 11 is 0. The first-order valence-corrected chi connectivity index (χ1v) is 19.8. The molecule has 0 unspecified atom stereocenters. The summed E-state index contributed by atoms with van der Waals surface area (Å²) in [6.07, 6.45) is 0. The fourth-order valence-electron chi connectivity index (χ4n) is 9.94. The maximum atomic E-state index is 7.12. The zero-order valence-corrected chi connectivity index (χ0v) is 33.1. The van der Waals surface area contributed by atoms with Crippen LogP contribution in [-0.4, -0.2) is 62.8 Å². The molecule has 16 radical (unpaired) electrons. The summed E-state index contributed by atoms with van der Waals surface area (Å²) in [5.41, 5.74) is 12.8. The molecule has 0 aliphatic heterocycles. The average Bonchev–Trinajstić information content (AvgIpc) is 3.74. The van der Waals surface area contributed by atoms with E-state index < -0.39 is 0 Å². The molecule has 10 aromatic rings. The third-order valence-corrected chi connectivity index (χ3v) is 13.0. The highest BCUT2D eigenvalue weighted by Crippen LogP contribution is 2.54. The first-order valence-electron chi connectivity index (χ1n) is 19.8. The van der Waals surface area contributed by atoms with Gasteiger partial charge in [-0.05, 0) is 112 Å². The Bertz CT molecular complexity index is 3470. The third kappa shape index (κ3) is 4.99. The van der Waals surface area contributed by atoms with Crippen molar-refractivity contribution in [2.24, 2.45) is 0 Å². The van der Waals surface area contributed by atoms with Gasteiger partial charge in [0, 0.05) is 16.2 Å². The standard InChI is InChI=1S/C51H26B8O/c1-51(2)32-12-6-5-10-28(32)37-29(11-7-13-33(37)51)38-41-39(43(52)47(56)49(58)45(41)54)36(40-42(38)46(55)50(59)48(57)44(40)53)24-16-14-23(15-17-24)27-18-19-34-30(21-27)31-20-25-8-3-4-9-26(25)22-35(31)60-34/h3-22H,1-2H3. The molecule has 9 heteroatoms. The van der Waals surface area contributed by atoms with Crippen molar-refractivity contribution in [1.29, 1.82) is 0 Å². The molecule has 0 saturated carbocycles. The smallest absolute Gasteiger partial charge is 0.136 e. The van der Waals surface area contributed by atoms with E-state index >= 15 is 0 Å². The Balaban J connectivity index is 1.21. The Kier molecular flexibility index (Phi) is 8.06. The summed E-state index contributed by atoms with van der Waals surface area (Å²) in [6, 6.07) is 41.8. The van der Waals surface area contributed by atoms with Gasteiger partial charge in [-0.3, -0.25) is 0 Å². The van der Waals surface area contributed by atoms with Gasteiger partial charge in [-0.1, -0.05) is 133 Å². The molecule has 0 fully saturated rings. The molecule has 1 nitrogen and oxygen atoms in total. The first-order chi connectivity index (χ1) is 28.9. The van der Waals surface area contributed by atoms with Gasteiger partial charge in [-0.15, -0.1) is 21.9 Å². The van der Waals surface area contributed by atoms with Gasteiger partial charge >= 0.3 is 0 Å². The van der Waals surface area contributed by atoms with Gasteiger partial charge in [0.25, 0.3) is 0 Å². The second-order valence-corrected chi connectivity index (χ2v) is 16.5. The van der Waals surface area contributed by atoms with Crippen LogP contribution >= 0.6 is 0 Å². The zero-order chi connectivity index (χ0) is 41.5. The van der Waals surface area contributed by atoms with E-state index in [0.29, 0.717) is 32.7 Å². The van der Waals surface area contributed by atoms with E-state index in [1.165, 1.54) is 5.56 Å². The van der Waals surface area contributed by atoms with Crippen LogP contribution in [0, 0.1) is 0 Å². The Morgan fingerprint density at radius 1 is 0.367 bits per heavy atom. The van der Waals surface area contributed by atoms with Crippen LogP contribution in [0.3, 0.4) is 0 Å². The van der Waals surface area contributed by atoms with Gasteiger partial charge in [-0.25, -0.2) is 0 Å². The summed E-state index contributed by atoms with van der Waals surface area (Å²) < 4.78 is 6.30. The van der Waals surface area contributed by atoms with Crippen LogP contribution in [0.25, 0.3) is 98.8 Å². The molecule has 0 N–H and O–H groups in total. The van der Waals surface area contributed by atoms with Gasteiger partial charge in [0.1, 0.15) is 73.9 Å². The van der Waals surface area contributed by atoms with Crippen molar-refractivity contribution in [3.63, 3.8) is 0 Å². The molecule has 260 valence electrons. The topological polar surface area (TPSA) is 13.1 Å². The van der Waals surface area contributed by atoms with E-state index in [0.717, 1.165) is 71.7 Å². The summed E-state index contributed by atoms with van der Waals surface area (Å²) in [5.74, 6) is 0. The molecule has 0 saturated heterocycles. The quantitative estimate of drug-likeness (QED) is 0.189. The number of fused-ring (bicyclic) bond motifs is 9. The highest BCUT2D eigenvalue weighted by atomic mass is 16.3. The molecule has 1 aromatic heterocycles. The maximum Gasteiger partial charge on any atom is 0.136 e. The van der Waals surface area contributed by atoms with Crippen molar-refractivity contribution < 1.29 is 4.42 Å². The molecule has 0 amide bonds. The normalized spacial score (nSPS) is 13.2. The van der Waals surface area contributed by atoms with Crippen molar-refractivity contribution >= 4 is 161 Å². The zero-order valence-electron chi connectivity index (χ0n) is 33.1. The minimum absolute atomic E-state index is 0.177. The molecule has 0 spiro atoms. The first kappa shape index (κ1) is 37.1. The van der Waals surface area contributed by atoms with E-state index in [-0.39, 0.29) is 49.1 Å². The fraction of sp³-hybridized carbons (Fsp3) is 0.0588. The number of benzene rings is 9. The predicted molar refractivity (Wildman–Crippen MR) is 263 cm³/mol. The molecule has 0 atom stereocenters. The van der Waals surface area contributed by atoms with Crippen LogP contribution in [0.1, 0.15) is 25.0 Å². The summed E-state index contributed by atoms with van der Waals surface area (Å²) in [5, 5.41) is 6.76. The Hall–Kier alpha value is -5.92. The van der Waals surface area contributed by atoms with Crippen LogP contribution in [0.5, 0.6) is 0 Å². The van der Waals surface area contributed by atoms with Crippen molar-refractivity contribution in [2.45, 2.75) is 19.3 Å². The van der Waals surface area contributed by atoms with Crippen LogP contribution < -0.4 is 43.7 Å². The van der Waals surface area contributed by atoms with E-state index in [1.54, 1.807) is 0 Å². The Morgan fingerprint density at radius 3 is 1.48 bits per heavy atom. The van der Waals surface area contributed by atoms with Crippen LogP contribution in [0.15, 0.2) is 126 Å². The molecule has 1 heterocycles. The summed E-state index contributed by atoms with van der Waals surface area (Å²) in [4.78, 5) is 0. The molecule has 11 rings (SSSR count). The van der Waals surface area contributed by atoms with Gasteiger partial charge < -0.3 is 4.42 Å². The number of rotatable bonds is 3. The summed E-state index contributed by atoms with van der Waals surface area (Å²) in [6.45, 7) is 4.47. The largest absolute Gasteiger partial charge is 0.456 e. The third-order valence-electron chi connectivity index (χ3n) is 13.0. The lowest BCUT2D eigenvalue weighted by Gasteiger charge is -2.29. The molecule has 1 aliphatic rings. The molecule has 1 aliphatic carbocycles. The molecule has 0 bridgehead atoms. The lowest BCUT2D eigenvalue weighted by molar-refractivity contribution is 0.660. The van der Waals surface area contributed by atoms with Crippen molar-refractivity contribution in [2.75, 3.05) is 0 Å². The van der Waals surface area contributed by atoms with Gasteiger partial charge in [0.2, 0.25) is 0 Å². The second-order valence-electron chi connectivity index (χ2n) is 16.5. The van der Waals surface area contributed by atoms with Crippen LogP contribution in [0.2, 0.25) is 0 Å². The van der Waals surface area contributed by atoms with Gasteiger partial charge in [-0.2, -0.15) is 0 Å². The SMILES string of the molecule is [B]c1c([B])c([B])c2c(-c3cccc4c3-c3ccccc3C4(C)C)c3c([B])c([B])c([B])c([B])c3c(-c3ccc(-c4ccc5oc6cc7ccccc7cc6c5c4)cc3)c2c1[B]. The van der Waals surface area contributed by atoms with Crippen molar-refractivity contribution in [3.05, 3.63) is 132 Å². The minimum Gasteiger partial charge on any atom is -0.456 e. The highest BCUT2D eigenvalue weighted by Gasteiger charge is 2.37. The molecular formula is C51H26B8O. The lowest BCUT2D eigenvalue weighted by atomic mass is 9.59. The lowest BCUT2D eigenvalue weighted by Crippen LogP contribution is -2.50. The van der Waals surface area contributed by atoms with Gasteiger partial charge in [0.05, 0.1) is 0 Å². The number of hydrogen-bond donors (Lipinski definition) is 0. The Morgan fingerprint density at radius 2 is 0.850 bits per heavy atom. The number of furan rings is 1.